The summed E-state index contributed by atoms with van der Waals surface area (Å²) >= 11 is 1.56. The standard InChI is InChI=1S/C12H12N2O2S/c1-16-12(15)9-3-2-4-10(5-9)13-6-11-7-17-8-14-11/h2-5,7-8,13H,6H2,1H3. The van der Waals surface area contributed by atoms with Crippen LogP contribution in [-0.2, 0) is 11.3 Å². The summed E-state index contributed by atoms with van der Waals surface area (Å²) in [4.78, 5) is 15.5. The summed E-state index contributed by atoms with van der Waals surface area (Å²) in [5.74, 6) is -0.331. The van der Waals surface area contributed by atoms with Crippen molar-refractivity contribution < 1.29 is 9.53 Å². The van der Waals surface area contributed by atoms with Crippen LogP contribution in [0.5, 0.6) is 0 Å². The van der Waals surface area contributed by atoms with Crippen molar-refractivity contribution in [2.75, 3.05) is 12.4 Å². The van der Waals surface area contributed by atoms with Crippen LogP contribution in [0.3, 0.4) is 0 Å². The highest BCUT2D eigenvalue weighted by atomic mass is 32.1. The number of hydrogen-bond acceptors (Lipinski definition) is 5. The van der Waals surface area contributed by atoms with Gasteiger partial charge in [0.25, 0.3) is 0 Å². The third kappa shape index (κ3) is 3.04. The Morgan fingerprint density at radius 1 is 1.53 bits per heavy atom. The quantitative estimate of drug-likeness (QED) is 0.845. The summed E-state index contributed by atoms with van der Waals surface area (Å²) in [6.45, 7) is 0.647. The van der Waals surface area contributed by atoms with E-state index in [2.05, 4.69) is 15.0 Å². The molecule has 88 valence electrons. The molecule has 0 bridgehead atoms. The van der Waals surface area contributed by atoms with Gasteiger partial charge in [0.15, 0.2) is 0 Å². The van der Waals surface area contributed by atoms with E-state index in [1.54, 1.807) is 29.0 Å². The van der Waals surface area contributed by atoms with Gasteiger partial charge in [0, 0.05) is 11.1 Å². The number of esters is 1. The van der Waals surface area contributed by atoms with Crippen LogP contribution in [0.4, 0.5) is 5.69 Å². The number of anilines is 1. The molecular weight excluding hydrogens is 236 g/mol. The van der Waals surface area contributed by atoms with Gasteiger partial charge in [-0.3, -0.25) is 0 Å². The zero-order valence-corrected chi connectivity index (χ0v) is 10.2. The van der Waals surface area contributed by atoms with Crippen LogP contribution in [0.2, 0.25) is 0 Å². The molecule has 0 aliphatic heterocycles. The molecule has 2 rings (SSSR count). The fourth-order valence-corrected chi connectivity index (χ4v) is 1.95. The molecule has 1 N–H and O–H groups in total. The van der Waals surface area contributed by atoms with Crippen LogP contribution < -0.4 is 5.32 Å². The smallest absolute Gasteiger partial charge is 0.337 e. The van der Waals surface area contributed by atoms with Crippen molar-refractivity contribution in [3.05, 3.63) is 46.4 Å². The Kier molecular flexibility index (Phi) is 3.72. The molecule has 2 aromatic rings. The Hall–Kier alpha value is -1.88. The third-order valence-electron chi connectivity index (χ3n) is 2.24. The Balaban J connectivity index is 2.03. The van der Waals surface area contributed by atoms with Gasteiger partial charge in [-0.25, -0.2) is 9.78 Å². The summed E-state index contributed by atoms with van der Waals surface area (Å²) < 4.78 is 4.66. The van der Waals surface area contributed by atoms with E-state index < -0.39 is 0 Å². The maximum absolute atomic E-state index is 11.3. The van der Waals surface area contributed by atoms with Gasteiger partial charge in [-0.1, -0.05) is 6.07 Å². The predicted octanol–water partition coefficient (Wildman–Crippen LogP) is 2.54. The van der Waals surface area contributed by atoms with E-state index >= 15 is 0 Å². The lowest BCUT2D eigenvalue weighted by molar-refractivity contribution is 0.0601. The predicted molar refractivity (Wildman–Crippen MR) is 67.2 cm³/mol. The SMILES string of the molecule is COC(=O)c1cccc(NCc2cscn2)c1. The second kappa shape index (κ2) is 5.45. The van der Waals surface area contributed by atoms with Crippen molar-refractivity contribution >= 4 is 23.0 Å². The summed E-state index contributed by atoms with van der Waals surface area (Å²) in [7, 11) is 1.37. The van der Waals surface area contributed by atoms with E-state index in [4.69, 9.17) is 0 Å². The molecule has 4 nitrogen and oxygen atoms in total. The highest BCUT2D eigenvalue weighted by molar-refractivity contribution is 7.07. The van der Waals surface area contributed by atoms with Crippen molar-refractivity contribution in [3.8, 4) is 0 Å². The minimum absolute atomic E-state index is 0.331. The number of thiazole rings is 1. The molecule has 0 aliphatic carbocycles. The minimum Gasteiger partial charge on any atom is -0.465 e. The maximum atomic E-state index is 11.3. The summed E-state index contributed by atoms with van der Waals surface area (Å²) in [6.07, 6.45) is 0. The van der Waals surface area contributed by atoms with Crippen LogP contribution in [0, 0.1) is 0 Å². The molecule has 0 aliphatic rings. The van der Waals surface area contributed by atoms with Gasteiger partial charge in [0.05, 0.1) is 30.4 Å². The van der Waals surface area contributed by atoms with Crippen LogP contribution in [-0.4, -0.2) is 18.1 Å². The highest BCUT2D eigenvalue weighted by Crippen LogP contribution is 2.13. The van der Waals surface area contributed by atoms with Crippen LogP contribution in [0.1, 0.15) is 16.1 Å². The van der Waals surface area contributed by atoms with Crippen molar-refractivity contribution in [1.29, 1.82) is 0 Å². The third-order valence-corrected chi connectivity index (χ3v) is 2.88. The minimum atomic E-state index is -0.331. The molecule has 0 spiro atoms. The fourth-order valence-electron chi connectivity index (χ4n) is 1.39. The molecule has 17 heavy (non-hydrogen) atoms. The Morgan fingerprint density at radius 3 is 3.12 bits per heavy atom. The second-order valence-corrected chi connectivity index (χ2v) is 4.12. The largest absolute Gasteiger partial charge is 0.465 e. The number of carbonyl (C=O) groups is 1. The van der Waals surface area contributed by atoms with Crippen molar-refractivity contribution in [1.82, 2.24) is 4.98 Å². The lowest BCUT2D eigenvalue weighted by Crippen LogP contribution is -2.03. The van der Waals surface area contributed by atoms with Gasteiger partial charge in [-0.15, -0.1) is 11.3 Å². The van der Waals surface area contributed by atoms with E-state index in [0.29, 0.717) is 12.1 Å². The molecule has 0 saturated heterocycles. The molecule has 1 heterocycles. The van der Waals surface area contributed by atoms with Gasteiger partial charge in [0.2, 0.25) is 0 Å². The Labute approximate surface area is 103 Å². The molecular formula is C12H12N2O2S. The summed E-state index contributed by atoms with van der Waals surface area (Å²) in [5, 5.41) is 5.19. The summed E-state index contributed by atoms with van der Waals surface area (Å²) in [5.41, 5.74) is 4.19. The number of rotatable bonds is 4. The van der Waals surface area contributed by atoms with Crippen LogP contribution in [0.15, 0.2) is 35.2 Å². The molecule has 1 aromatic carbocycles. The van der Waals surface area contributed by atoms with E-state index in [0.717, 1.165) is 11.4 Å². The van der Waals surface area contributed by atoms with E-state index in [9.17, 15) is 4.79 Å². The number of carbonyl (C=O) groups excluding carboxylic acids is 1. The molecule has 1 aromatic heterocycles. The van der Waals surface area contributed by atoms with Gasteiger partial charge < -0.3 is 10.1 Å². The fraction of sp³-hybridized carbons (Fsp3) is 0.167. The molecule has 0 atom stereocenters. The zero-order chi connectivity index (χ0) is 12.1. The van der Waals surface area contributed by atoms with Crippen molar-refractivity contribution in [2.24, 2.45) is 0 Å². The lowest BCUT2D eigenvalue weighted by atomic mass is 10.2. The molecule has 5 heteroatoms. The molecule has 0 unspecified atom stereocenters. The number of methoxy groups -OCH3 is 1. The first-order valence-electron chi connectivity index (χ1n) is 5.09. The van der Waals surface area contributed by atoms with Crippen molar-refractivity contribution in [2.45, 2.75) is 6.54 Å². The summed E-state index contributed by atoms with van der Waals surface area (Å²) in [6, 6.07) is 7.20. The van der Waals surface area contributed by atoms with Gasteiger partial charge in [0.1, 0.15) is 0 Å². The first kappa shape index (κ1) is 11.6. The monoisotopic (exact) mass is 248 g/mol. The average molecular weight is 248 g/mol. The van der Waals surface area contributed by atoms with Gasteiger partial charge >= 0.3 is 5.97 Å². The topological polar surface area (TPSA) is 51.2 Å². The number of benzene rings is 1. The number of ether oxygens (including phenoxy) is 1. The van der Waals surface area contributed by atoms with Crippen LogP contribution >= 0.6 is 11.3 Å². The molecule has 0 fully saturated rings. The second-order valence-electron chi connectivity index (χ2n) is 3.41. The normalized spacial score (nSPS) is 9.94. The number of nitrogens with one attached hydrogen (secondary N) is 1. The Bertz CT molecular complexity index is 497. The van der Waals surface area contributed by atoms with Crippen molar-refractivity contribution in [3.63, 3.8) is 0 Å². The first-order chi connectivity index (χ1) is 8.29. The zero-order valence-electron chi connectivity index (χ0n) is 9.34. The number of aromatic nitrogens is 1. The van der Waals surface area contributed by atoms with Gasteiger partial charge in [-0.05, 0) is 18.2 Å². The van der Waals surface area contributed by atoms with E-state index in [-0.39, 0.29) is 5.97 Å². The molecule has 0 saturated carbocycles. The maximum Gasteiger partial charge on any atom is 0.337 e. The molecule has 0 radical (unpaired) electrons. The Morgan fingerprint density at radius 2 is 2.41 bits per heavy atom. The highest BCUT2D eigenvalue weighted by Gasteiger charge is 2.05. The molecule has 0 amide bonds. The first-order valence-corrected chi connectivity index (χ1v) is 6.03. The number of hydrogen-bond donors (Lipinski definition) is 1. The van der Waals surface area contributed by atoms with E-state index in [1.165, 1.54) is 7.11 Å². The average Bonchev–Trinajstić information content (AvgIpc) is 2.89. The number of nitrogens with zero attached hydrogens (tertiary/aromatic N) is 1. The van der Waals surface area contributed by atoms with E-state index in [1.807, 2.05) is 17.5 Å². The van der Waals surface area contributed by atoms with Crippen LogP contribution in [0.25, 0.3) is 0 Å². The van der Waals surface area contributed by atoms with Gasteiger partial charge in [-0.2, -0.15) is 0 Å². The lowest BCUT2D eigenvalue weighted by Gasteiger charge is -2.06.